The van der Waals surface area contributed by atoms with E-state index >= 15 is 0 Å². The van der Waals surface area contributed by atoms with E-state index in [1.165, 1.54) is 12.8 Å². The second-order valence-corrected chi connectivity index (χ2v) is 7.81. The zero-order valence-electron chi connectivity index (χ0n) is 15.8. The number of carbonyl (C=O) groups excluding carboxylic acids is 1. The van der Waals surface area contributed by atoms with Crippen molar-refractivity contribution < 1.29 is 9.18 Å². The van der Waals surface area contributed by atoms with Gasteiger partial charge >= 0.3 is 0 Å². The number of nitrogens with zero attached hydrogens (tertiary/aromatic N) is 2. The highest BCUT2D eigenvalue weighted by Crippen LogP contribution is 2.39. The van der Waals surface area contributed by atoms with E-state index in [4.69, 9.17) is 0 Å². The van der Waals surface area contributed by atoms with Gasteiger partial charge in [0.1, 0.15) is 5.83 Å². The zero-order valence-corrected chi connectivity index (χ0v) is 15.8. The van der Waals surface area contributed by atoms with E-state index in [0.29, 0.717) is 23.7 Å². The van der Waals surface area contributed by atoms with Gasteiger partial charge in [0.25, 0.3) is 0 Å². The number of anilines is 1. The van der Waals surface area contributed by atoms with Gasteiger partial charge in [-0.1, -0.05) is 6.08 Å². The molecule has 2 N–H and O–H groups in total. The number of hydrogen-bond acceptors (Lipinski definition) is 3. The molecule has 142 valence electrons. The number of nitrogens with one attached hydrogen (secondary N) is 2. The summed E-state index contributed by atoms with van der Waals surface area (Å²) in [6.07, 6.45) is 10.2. The summed E-state index contributed by atoms with van der Waals surface area (Å²) in [4.78, 5) is 17.4. The fourth-order valence-electron chi connectivity index (χ4n) is 3.61. The van der Waals surface area contributed by atoms with Crippen LogP contribution in [0.25, 0.3) is 0 Å². The number of carbonyl (C=O) groups is 1. The van der Waals surface area contributed by atoms with E-state index in [0.717, 1.165) is 29.9 Å². The molecule has 5 nitrogen and oxygen atoms in total. The van der Waals surface area contributed by atoms with Gasteiger partial charge in [-0.05, 0) is 69.6 Å². The molecular weight excluding hydrogens is 343 g/mol. The van der Waals surface area contributed by atoms with Crippen LogP contribution < -0.4 is 5.32 Å². The van der Waals surface area contributed by atoms with Crippen LogP contribution in [0.3, 0.4) is 0 Å². The lowest BCUT2D eigenvalue weighted by atomic mass is 9.90. The molecule has 0 aromatic carbocycles. The number of fused-ring (bicyclic) bond motifs is 2. The van der Waals surface area contributed by atoms with Gasteiger partial charge in [0, 0.05) is 29.1 Å². The van der Waals surface area contributed by atoms with Crippen molar-refractivity contribution in [3.05, 3.63) is 47.1 Å². The number of amides is 1. The Kier molecular flexibility index (Phi) is 4.81. The molecule has 6 heteroatoms. The fourth-order valence-corrected chi connectivity index (χ4v) is 3.61. The smallest absolute Gasteiger partial charge is 0.234 e. The Bertz CT molecular complexity index is 872. The van der Waals surface area contributed by atoms with Crippen molar-refractivity contribution in [2.75, 3.05) is 5.32 Å². The maximum atomic E-state index is 14.0. The minimum atomic E-state index is -0.392. The highest BCUT2D eigenvalue weighted by atomic mass is 19.1. The average Bonchev–Trinajstić information content (AvgIpc) is 3.39. The third-order valence-electron chi connectivity index (χ3n) is 5.47. The molecule has 1 aromatic heterocycles. The second-order valence-electron chi connectivity index (χ2n) is 7.81. The minimum absolute atomic E-state index is 0.126. The van der Waals surface area contributed by atoms with Gasteiger partial charge in [-0.3, -0.25) is 14.9 Å². The summed E-state index contributed by atoms with van der Waals surface area (Å²) >= 11 is 0. The van der Waals surface area contributed by atoms with Crippen molar-refractivity contribution in [2.24, 2.45) is 16.8 Å². The molecule has 2 heterocycles. The normalized spacial score (nSPS) is 23.7. The molecule has 2 bridgehead atoms. The Balaban J connectivity index is 1.50. The number of H-pyrrole nitrogens is 1. The van der Waals surface area contributed by atoms with Crippen LogP contribution in [0, 0.1) is 11.8 Å². The van der Waals surface area contributed by atoms with Crippen molar-refractivity contribution in [3.63, 3.8) is 0 Å². The molecule has 2 unspecified atom stereocenters. The highest BCUT2D eigenvalue weighted by Gasteiger charge is 2.27. The molecule has 3 aliphatic rings. The number of aromatic amines is 1. The fraction of sp³-hybridized carbons (Fsp3) is 0.476. The molecule has 1 aliphatic heterocycles. The van der Waals surface area contributed by atoms with Crippen LogP contribution in [0.2, 0.25) is 0 Å². The molecule has 0 spiro atoms. The van der Waals surface area contributed by atoms with E-state index in [2.05, 4.69) is 26.6 Å². The van der Waals surface area contributed by atoms with Crippen molar-refractivity contribution in [1.82, 2.24) is 10.2 Å². The molecule has 1 amide bonds. The number of aromatic nitrogens is 2. The quantitative estimate of drug-likeness (QED) is 0.801. The lowest BCUT2D eigenvalue weighted by Crippen LogP contribution is -2.24. The topological polar surface area (TPSA) is 70.1 Å². The molecule has 1 aromatic rings. The van der Waals surface area contributed by atoms with Crippen LogP contribution in [0.15, 0.2) is 46.4 Å². The maximum absolute atomic E-state index is 14.0. The molecule has 4 rings (SSSR count). The number of halogens is 1. The number of allylic oxidation sites excluding steroid dienone is 5. The van der Waals surface area contributed by atoms with E-state index < -0.39 is 5.92 Å². The van der Waals surface area contributed by atoms with Crippen LogP contribution >= 0.6 is 0 Å². The van der Waals surface area contributed by atoms with Crippen LogP contribution in [0.1, 0.15) is 57.6 Å². The molecule has 1 saturated carbocycles. The minimum Gasteiger partial charge on any atom is -0.309 e. The molecule has 0 radical (unpaired) electrons. The van der Waals surface area contributed by atoms with E-state index in [1.54, 1.807) is 19.1 Å². The zero-order chi connectivity index (χ0) is 19.0. The van der Waals surface area contributed by atoms with Crippen molar-refractivity contribution in [2.45, 2.75) is 51.9 Å². The Morgan fingerprint density at radius 2 is 2.19 bits per heavy atom. The number of aliphatic imine (C=N–C) groups is 1. The van der Waals surface area contributed by atoms with E-state index in [-0.39, 0.29) is 17.7 Å². The van der Waals surface area contributed by atoms with Crippen LogP contribution in [0.5, 0.6) is 0 Å². The van der Waals surface area contributed by atoms with Crippen molar-refractivity contribution >= 4 is 17.4 Å². The summed E-state index contributed by atoms with van der Waals surface area (Å²) in [5.41, 5.74) is 3.28. The first-order valence-electron chi connectivity index (χ1n) is 9.69. The first-order valence-corrected chi connectivity index (χ1v) is 9.69. The summed E-state index contributed by atoms with van der Waals surface area (Å²) in [5.74, 6) is 0.706. The predicted molar refractivity (Wildman–Crippen MR) is 104 cm³/mol. The number of hydrogen-bond donors (Lipinski definition) is 2. The van der Waals surface area contributed by atoms with E-state index in [1.807, 2.05) is 13.0 Å². The van der Waals surface area contributed by atoms with Crippen molar-refractivity contribution in [1.29, 1.82) is 0 Å². The van der Waals surface area contributed by atoms with Crippen molar-refractivity contribution in [3.8, 4) is 0 Å². The molecule has 2 aliphatic carbocycles. The van der Waals surface area contributed by atoms with Crippen LogP contribution in [-0.4, -0.2) is 21.8 Å². The lowest BCUT2D eigenvalue weighted by Gasteiger charge is -2.22. The third kappa shape index (κ3) is 4.10. The van der Waals surface area contributed by atoms with Gasteiger partial charge in [-0.25, -0.2) is 4.39 Å². The summed E-state index contributed by atoms with van der Waals surface area (Å²) in [6.45, 7) is 3.62. The maximum Gasteiger partial charge on any atom is 0.234 e. The monoisotopic (exact) mass is 368 g/mol. The largest absolute Gasteiger partial charge is 0.309 e. The molecule has 1 fully saturated rings. The predicted octanol–water partition coefficient (Wildman–Crippen LogP) is 4.80. The van der Waals surface area contributed by atoms with Crippen LogP contribution in [0.4, 0.5) is 10.2 Å². The van der Waals surface area contributed by atoms with Gasteiger partial charge in [0.2, 0.25) is 5.91 Å². The summed E-state index contributed by atoms with van der Waals surface area (Å²) in [6, 6.07) is 1.91. The highest BCUT2D eigenvalue weighted by molar-refractivity contribution is 5.99. The van der Waals surface area contributed by atoms with Gasteiger partial charge < -0.3 is 5.32 Å². The standard InChI is InChI=1S/C21H25FN4O/c1-12-8-16-9-14(4-3-5-17(12)22)10-18(23-16)13(2)21(27)24-20-11-19(25-26-20)15-6-7-15/h5,8,10-11,13-15H,3-4,6-7,9H2,1-2H3,(H2,24,25,26,27). The van der Waals surface area contributed by atoms with E-state index in [9.17, 15) is 9.18 Å². The number of rotatable bonds is 4. The summed E-state index contributed by atoms with van der Waals surface area (Å²) in [7, 11) is 0. The Morgan fingerprint density at radius 1 is 1.37 bits per heavy atom. The summed E-state index contributed by atoms with van der Waals surface area (Å²) < 4.78 is 14.0. The summed E-state index contributed by atoms with van der Waals surface area (Å²) in [5, 5.41) is 10.1. The SMILES string of the molecule is CC1=CC2=NC(C(C)C(=O)Nc3cc(C4CC4)[nH]n3)=CC(CCC=C1F)C2. The van der Waals surface area contributed by atoms with Gasteiger partial charge in [0.05, 0.1) is 5.92 Å². The van der Waals surface area contributed by atoms with Gasteiger partial charge in [0.15, 0.2) is 5.82 Å². The first kappa shape index (κ1) is 17.9. The Hall–Kier alpha value is -2.50. The third-order valence-corrected chi connectivity index (χ3v) is 5.47. The Morgan fingerprint density at radius 3 is 2.96 bits per heavy atom. The molecular formula is C21H25FN4O. The lowest BCUT2D eigenvalue weighted by molar-refractivity contribution is -0.118. The molecule has 2 atom stereocenters. The van der Waals surface area contributed by atoms with Gasteiger partial charge in [-0.2, -0.15) is 5.10 Å². The molecule has 27 heavy (non-hydrogen) atoms. The van der Waals surface area contributed by atoms with Crippen LogP contribution in [-0.2, 0) is 4.79 Å². The second kappa shape index (κ2) is 7.25. The average molecular weight is 368 g/mol. The Labute approximate surface area is 158 Å². The van der Waals surface area contributed by atoms with Gasteiger partial charge in [-0.15, -0.1) is 0 Å². The first-order chi connectivity index (χ1) is 13.0. The molecule has 0 saturated heterocycles.